The maximum absolute atomic E-state index is 12.6. The molecule has 1 amide bonds. The molecule has 3 N–H and O–H groups in total. The molecule has 0 bridgehead atoms. The molecule has 0 aromatic carbocycles. The molecule has 0 saturated heterocycles. The molecule has 0 unspecified atom stereocenters. The van der Waals surface area contributed by atoms with Gasteiger partial charge in [0, 0.05) is 6.54 Å². The van der Waals surface area contributed by atoms with Crippen molar-refractivity contribution in [3.8, 4) is 0 Å². The Morgan fingerprint density at radius 2 is 2.10 bits per heavy atom. The molecule has 0 radical (unpaired) electrons. The van der Waals surface area contributed by atoms with E-state index < -0.39 is 11.4 Å². The highest BCUT2D eigenvalue weighted by molar-refractivity contribution is 7.14. The number of carbonyl (C=O) groups excluding carboxylic acids is 2. The fourth-order valence-electron chi connectivity index (χ4n) is 2.76. The minimum Gasteiger partial charge on any atom is -0.462 e. The van der Waals surface area contributed by atoms with Gasteiger partial charge in [0.05, 0.1) is 17.6 Å². The summed E-state index contributed by atoms with van der Waals surface area (Å²) in [7, 11) is 0. The number of nitrogens with one attached hydrogen (secondary N) is 1. The van der Waals surface area contributed by atoms with E-state index >= 15 is 0 Å². The van der Waals surface area contributed by atoms with E-state index in [2.05, 4.69) is 5.32 Å². The van der Waals surface area contributed by atoms with Crippen LogP contribution in [0.3, 0.4) is 0 Å². The fraction of sp³-hybridized carbons (Fsp3) is 0.600. The van der Waals surface area contributed by atoms with Gasteiger partial charge in [-0.15, -0.1) is 11.3 Å². The topological polar surface area (TPSA) is 81.4 Å². The van der Waals surface area contributed by atoms with Crippen molar-refractivity contribution in [1.29, 1.82) is 0 Å². The lowest BCUT2D eigenvalue weighted by molar-refractivity contribution is -0.126. The van der Waals surface area contributed by atoms with E-state index in [0.717, 1.165) is 32.1 Å². The molecule has 1 aliphatic carbocycles. The molecule has 2 rings (SSSR count). The first-order chi connectivity index (χ1) is 10.1. The maximum atomic E-state index is 12.6. The Hall–Kier alpha value is -1.40. The smallest absolute Gasteiger partial charge is 0.341 e. The van der Waals surface area contributed by atoms with Crippen molar-refractivity contribution in [2.45, 2.75) is 39.0 Å². The third-order valence-corrected chi connectivity index (χ3v) is 4.90. The van der Waals surface area contributed by atoms with Gasteiger partial charge in [0.25, 0.3) is 0 Å². The van der Waals surface area contributed by atoms with Crippen LogP contribution in [0.5, 0.6) is 0 Å². The quantitative estimate of drug-likeness (QED) is 0.819. The Morgan fingerprint density at radius 1 is 1.38 bits per heavy atom. The summed E-state index contributed by atoms with van der Waals surface area (Å²) in [6, 6.07) is 1.67. The normalized spacial score (nSPS) is 17.2. The zero-order chi connectivity index (χ0) is 15.3. The van der Waals surface area contributed by atoms with E-state index in [-0.39, 0.29) is 5.91 Å². The summed E-state index contributed by atoms with van der Waals surface area (Å²) in [6.07, 6.45) is 4.84. The van der Waals surface area contributed by atoms with Gasteiger partial charge in [0.1, 0.15) is 5.00 Å². The van der Waals surface area contributed by atoms with Crippen LogP contribution in [0, 0.1) is 5.41 Å². The number of ether oxygens (including phenoxy) is 1. The highest BCUT2D eigenvalue weighted by Crippen LogP contribution is 2.37. The van der Waals surface area contributed by atoms with E-state index in [4.69, 9.17) is 10.5 Å². The van der Waals surface area contributed by atoms with E-state index in [1.807, 2.05) is 0 Å². The monoisotopic (exact) mass is 310 g/mol. The fourth-order valence-corrected chi connectivity index (χ4v) is 3.53. The third-order valence-electron chi connectivity index (χ3n) is 4.07. The average Bonchev–Trinajstić information content (AvgIpc) is 2.96. The van der Waals surface area contributed by atoms with Gasteiger partial charge in [-0.3, -0.25) is 4.79 Å². The molecule has 1 fully saturated rings. The van der Waals surface area contributed by atoms with Crippen molar-refractivity contribution < 1.29 is 14.3 Å². The summed E-state index contributed by atoms with van der Waals surface area (Å²) in [5, 5.41) is 5.22. The number of carbonyl (C=O) groups is 2. The Balaban J connectivity index is 2.12. The van der Waals surface area contributed by atoms with Gasteiger partial charge in [-0.05, 0) is 31.2 Å². The third kappa shape index (κ3) is 3.44. The first-order valence-corrected chi connectivity index (χ1v) is 8.27. The average molecular weight is 310 g/mol. The molecule has 1 aromatic heterocycles. The van der Waals surface area contributed by atoms with Gasteiger partial charge in [-0.25, -0.2) is 4.79 Å². The largest absolute Gasteiger partial charge is 0.462 e. The first kappa shape index (κ1) is 16.0. The molecule has 0 spiro atoms. The van der Waals surface area contributed by atoms with Crippen LogP contribution in [-0.2, 0) is 9.53 Å². The van der Waals surface area contributed by atoms with Crippen molar-refractivity contribution in [3.05, 3.63) is 17.0 Å². The predicted molar refractivity (Wildman–Crippen MR) is 83.5 cm³/mol. The molecule has 0 aliphatic heterocycles. The SMILES string of the molecule is CCOC(=O)c1ccsc1NC(=O)C1(CN)CCCCC1. The number of hydrogen-bond acceptors (Lipinski definition) is 5. The number of hydrogen-bond donors (Lipinski definition) is 2. The van der Waals surface area contributed by atoms with Crippen LogP contribution >= 0.6 is 11.3 Å². The van der Waals surface area contributed by atoms with Crippen LogP contribution in [0.2, 0.25) is 0 Å². The zero-order valence-electron chi connectivity index (χ0n) is 12.3. The lowest BCUT2D eigenvalue weighted by Crippen LogP contribution is -2.43. The molecular formula is C15H22N2O3S. The van der Waals surface area contributed by atoms with Crippen LogP contribution in [0.4, 0.5) is 5.00 Å². The van der Waals surface area contributed by atoms with Gasteiger partial charge in [0.15, 0.2) is 0 Å². The van der Waals surface area contributed by atoms with Gasteiger partial charge < -0.3 is 15.8 Å². The highest BCUT2D eigenvalue weighted by atomic mass is 32.1. The van der Waals surface area contributed by atoms with Crippen molar-refractivity contribution in [2.75, 3.05) is 18.5 Å². The van der Waals surface area contributed by atoms with E-state index in [1.54, 1.807) is 18.4 Å². The molecule has 1 saturated carbocycles. The van der Waals surface area contributed by atoms with E-state index in [0.29, 0.717) is 23.7 Å². The number of rotatable bonds is 5. The molecule has 6 heteroatoms. The molecule has 1 aromatic rings. The lowest BCUT2D eigenvalue weighted by atomic mass is 9.73. The van der Waals surface area contributed by atoms with Crippen molar-refractivity contribution >= 4 is 28.2 Å². The van der Waals surface area contributed by atoms with Crippen LogP contribution in [0.1, 0.15) is 49.4 Å². The Kier molecular flexibility index (Phi) is 5.36. The summed E-state index contributed by atoms with van der Waals surface area (Å²) >= 11 is 1.33. The highest BCUT2D eigenvalue weighted by Gasteiger charge is 2.38. The van der Waals surface area contributed by atoms with Gasteiger partial charge in [0.2, 0.25) is 5.91 Å². The second-order valence-electron chi connectivity index (χ2n) is 5.38. The second kappa shape index (κ2) is 7.04. The van der Waals surface area contributed by atoms with E-state index in [9.17, 15) is 9.59 Å². The molecule has 1 heterocycles. The molecular weight excluding hydrogens is 288 g/mol. The Bertz CT molecular complexity index is 507. The van der Waals surface area contributed by atoms with Crippen molar-refractivity contribution in [1.82, 2.24) is 0 Å². The number of anilines is 1. The summed E-state index contributed by atoms with van der Waals surface area (Å²) in [4.78, 5) is 24.5. The van der Waals surface area contributed by atoms with Crippen molar-refractivity contribution in [2.24, 2.45) is 11.1 Å². The van der Waals surface area contributed by atoms with Crippen molar-refractivity contribution in [3.63, 3.8) is 0 Å². The molecule has 21 heavy (non-hydrogen) atoms. The molecule has 0 atom stereocenters. The minimum absolute atomic E-state index is 0.0716. The van der Waals surface area contributed by atoms with Crippen LogP contribution in [0.15, 0.2) is 11.4 Å². The summed E-state index contributed by atoms with van der Waals surface area (Å²) in [5.41, 5.74) is 5.79. The number of thiophene rings is 1. The number of esters is 1. The summed E-state index contributed by atoms with van der Waals surface area (Å²) in [5.74, 6) is -0.475. The van der Waals surface area contributed by atoms with E-state index in [1.165, 1.54) is 11.3 Å². The van der Waals surface area contributed by atoms with Crippen LogP contribution in [0.25, 0.3) is 0 Å². The summed E-state index contributed by atoms with van der Waals surface area (Å²) < 4.78 is 5.00. The standard InChI is InChI=1S/C15H22N2O3S/c1-2-20-13(18)11-6-9-21-12(11)17-14(19)15(10-16)7-4-3-5-8-15/h6,9H,2-5,7-8,10,16H2,1H3,(H,17,19). The molecule has 1 aliphatic rings. The molecule has 5 nitrogen and oxygen atoms in total. The first-order valence-electron chi connectivity index (χ1n) is 7.39. The lowest BCUT2D eigenvalue weighted by Gasteiger charge is -2.34. The van der Waals surface area contributed by atoms with Crippen LogP contribution in [-0.4, -0.2) is 25.0 Å². The van der Waals surface area contributed by atoms with Gasteiger partial charge >= 0.3 is 5.97 Å². The Labute approximate surface area is 128 Å². The Morgan fingerprint density at radius 3 is 2.71 bits per heavy atom. The minimum atomic E-state index is -0.492. The summed E-state index contributed by atoms with van der Waals surface area (Å²) in [6.45, 7) is 2.42. The zero-order valence-corrected chi connectivity index (χ0v) is 13.1. The number of amides is 1. The molecule has 116 valence electrons. The van der Waals surface area contributed by atoms with Gasteiger partial charge in [-0.1, -0.05) is 19.3 Å². The van der Waals surface area contributed by atoms with Gasteiger partial charge in [-0.2, -0.15) is 0 Å². The van der Waals surface area contributed by atoms with Crippen LogP contribution < -0.4 is 11.1 Å². The predicted octanol–water partition coefficient (Wildman–Crippen LogP) is 2.77. The maximum Gasteiger partial charge on any atom is 0.341 e. The second-order valence-corrected chi connectivity index (χ2v) is 6.30. The number of nitrogens with two attached hydrogens (primary N) is 1.